The smallest absolute Gasteiger partial charge is 0.0351 e. The molecule has 2 rings (SSSR count). The molecule has 0 aliphatic carbocycles. The third kappa shape index (κ3) is 2.76. The molecule has 0 radical (unpaired) electrons. The first kappa shape index (κ1) is 12.3. The van der Waals surface area contributed by atoms with Crippen LogP contribution < -0.4 is 5.32 Å². The lowest BCUT2D eigenvalue weighted by atomic mass is 9.98. The Labute approximate surface area is 100 Å². The molecule has 3 nitrogen and oxygen atoms in total. The zero-order valence-electron chi connectivity index (χ0n) is 10.9. The van der Waals surface area contributed by atoms with E-state index in [1.54, 1.807) is 0 Å². The highest BCUT2D eigenvalue weighted by molar-refractivity contribution is 4.92. The third-order valence-electron chi connectivity index (χ3n) is 4.17. The van der Waals surface area contributed by atoms with Crippen LogP contribution in [0.5, 0.6) is 0 Å². The maximum absolute atomic E-state index is 3.43. The van der Waals surface area contributed by atoms with E-state index in [0.29, 0.717) is 0 Å². The second kappa shape index (κ2) is 5.99. The van der Waals surface area contributed by atoms with E-state index in [1.807, 2.05) is 0 Å². The molecule has 0 bridgehead atoms. The molecule has 1 N–H and O–H groups in total. The zero-order valence-corrected chi connectivity index (χ0v) is 10.9. The van der Waals surface area contributed by atoms with Crippen molar-refractivity contribution in [3.63, 3.8) is 0 Å². The first-order valence-corrected chi connectivity index (χ1v) is 7.04. The van der Waals surface area contributed by atoms with Gasteiger partial charge in [0.25, 0.3) is 0 Å². The fourth-order valence-electron chi connectivity index (χ4n) is 3.04. The minimum Gasteiger partial charge on any atom is -0.314 e. The highest BCUT2D eigenvalue weighted by atomic mass is 15.3. The van der Waals surface area contributed by atoms with Crippen molar-refractivity contribution in [2.45, 2.75) is 45.2 Å². The summed E-state index contributed by atoms with van der Waals surface area (Å²) in [5, 5.41) is 3.43. The topological polar surface area (TPSA) is 18.5 Å². The van der Waals surface area contributed by atoms with Crippen LogP contribution in [-0.2, 0) is 0 Å². The molecule has 0 amide bonds. The van der Waals surface area contributed by atoms with E-state index in [-0.39, 0.29) is 0 Å². The number of hydrogen-bond acceptors (Lipinski definition) is 3. The standard InChI is InChI=1S/C13H27N3/c1-3-5-12(4-2)16-10-13(11-16)15-8-6-14-7-9-15/h12-14H,3-11H2,1-2H3. The molecule has 2 aliphatic rings. The number of nitrogens with one attached hydrogen (secondary N) is 1. The van der Waals surface area contributed by atoms with Crippen LogP contribution in [0.4, 0.5) is 0 Å². The molecule has 2 aliphatic heterocycles. The molecule has 0 aromatic heterocycles. The maximum Gasteiger partial charge on any atom is 0.0351 e. The summed E-state index contributed by atoms with van der Waals surface area (Å²) in [6, 6.07) is 1.71. The van der Waals surface area contributed by atoms with Gasteiger partial charge < -0.3 is 5.32 Å². The Bertz CT molecular complexity index is 187. The van der Waals surface area contributed by atoms with Crippen LogP contribution in [0, 0.1) is 0 Å². The van der Waals surface area contributed by atoms with E-state index in [9.17, 15) is 0 Å². The Morgan fingerprint density at radius 2 is 1.88 bits per heavy atom. The number of piperazine rings is 1. The van der Waals surface area contributed by atoms with Crippen LogP contribution in [0.15, 0.2) is 0 Å². The predicted octanol–water partition coefficient (Wildman–Crippen LogP) is 1.15. The van der Waals surface area contributed by atoms with Gasteiger partial charge in [0.05, 0.1) is 0 Å². The van der Waals surface area contributed by atoms with Gasteiger partial charge in [0.1, 0.15) is 0 Å². The van der Waals surface area contributed by atoms with Gasteiger partial charge in [-0.15, -0.1) is 0 Å². The molecular formula is C13H27N3. The average molecular weight is 225 g/mol. The normalized spacial score (nSPS) is 26.6. The van der Waals surface area contributed by atoms with Gasteiger partial charge in [-0.2, -0.15) is 0 Å². The molecule has 2 fully saturated rings. The van der Waals surface area contributed by atoms with E-state index >= 15 is 0 Å². The van der Waals surface area contributed by atoms with Gasteiger partial charge in [-0.25, -0.2) is 0 Å². The molecule has 0 aromatic carbocycles. The lowest BCUT2D eigenvalue weighted by Crippen LogP contribution is -2.64. The third-order valence-corrected chi connectivity index (χ3v) is 4.17. The minimum atomic E-state index is 0.851. The van der Waals surface area contributed by atoms with E-state index in [1.165, 1.54) is 58.5 Å². The van der Waals surface area contributed by atoms with Gasteiger partial charge in [0.2, 0.25) is 0 Å². The van der Waals surface area contributed by atoms with Gasteiger partial charge in [-0.3, -0.25) is 9.80 Å². The van der Waals surface area contributed by atoms with Crippen molar-refractivity contribution in [3.05, 3.63) is 0 Å². The van der Waals surface area contributed by atoms with Gasteiger partial charge in [0.15, 0.2) is 0 Å². The van der Waals surface area contributed by atoms with Crippen molar-refractivity contribution in [1.29, 1.82) is 0 Å². The first-order valence-electron chi connectivity index (χ1n) is 7.04. The Morgan fingerprint density at radius 1 is 1.19 bits per heavy atom. The average Bonchev–Trinajstić information content (AvgIpc) is 2.27. The summed E-state index contributed by atoms with van der Waals surface area (Å²) in [5.74, 6) is 0. The number of rotatable bonds is 5. The fraction of sp³-hybridized carbons (Fsp3) is 1.00. The molecule has 2 heterocycles. The van der Waals surface area contributed by atoms with Crippen LogP contribution in [0.3, 0.4) is 0 Å². The molecule has 1 atom stereocenters. The SMILES string of the molecule is CCCC(CC)N1CC(N2CCNCC2)C1. The molecule has 0 saturated carbocycles. The van der Waals surface area contributed by atoms with Gasteiger partial charge in [0, 0.05) is 51.4 Å². The summed E-state index contributed by atoms with van der Waals surface area (Å²) in [6.07, 6.45) is 4.03. The fourth-order valence-corrected chi connectivity index (χ4v) is 3.04. The number of nitrogens with zero attached hydrogens (tertiary/aromatic N) is 2. The zero-order chi connectivity index (χ0) is 11.4. The highest BCUT2D eigenvalue weighted by Gasteiger charge is 2.34. The Hall–Kier alpha value is -0.120. The van der Waals surface area contributed by atoms with Crippen LogP contribution >= 0.6 is 0 Å². The molecule has 3 heteroatoms. The second-order valence-corrected chi connectivity index (χ2v) is 5.24. The quantitative estimate of drug-likeness (QED) is 0.757. The van der Waals surface area contributed by atoms with Crippen LogP contribution in [-0.4, -0.2) is 61.2 Å². The number of likely N-dealkylation sites (tertiary alicyclic amines) is 1. The summed E-state index contributed by atoms with van der Waals surface area (Å²) in [5.41, 5.74) is 0. The number of hydrogen-bond donors (Lipinski definition) is 1. The minimum absolute atomic E-state index is 0.851. The van der Waals surface area contributed by atoms with Gasteiger partial charge >= 0.3 is 0 Å². The molecule has 1 unspecified atom stereocenters. The first-order chi connectivity index (χ1) is 7.85. The Morgan fingerprint density at radius 3 is 2.44 bits per heavy atom. The van der Waals surface area contributed by atoms with Gasteiger partial charge in [-0.1, -0.05) is 20.3 Å². The highest BCUT2D eigenvalue weighted by Crippen LogP contribution is 2.22. The van der Waals surface area contributed by atoms with Crippen molar-refractivity contribution >= 4 is 0 Å². The van der Waals surface area contributed by atoms with E-state index < -0.39 is 0 Å². The van der Waals surface area contributed by atoms with Crippen LogP contribution in [0.25, 0.3) is 0 Å². The van der Waals surface area contributed by atoms with Crippen molar-refractivity contribution in [3.8, 4) is 0 Å². The van der Waals surface area contributed by atoms with Crippen molar-refractivity contribution < 1.29 is 0 Å². The van der Waals surface area contributed by atoms with Crippen molar-refractivity contribution in [2.24, 2.45) is 0 Å². The van der Waals surface area contributed by atoms with E-state index in [4.69, 9.17) is 0 Å². The molecule has 2 saturated heterocycles. The molecule has 94 valence electrons. The monoisotopic (exact) mass is 225 g/mol. The van der Waals surface area contributed by atoms with Gasteiger partial charge in [-0.05, 0) is 12.8 Å². The van der Waals surface area contributed by atoms with Crippen molar-refractivity contribution in [2.75, 3.05) is 39.3 Å². The van der Waals surface area contributed by atoms with Crippen LogP contribution in [0.2, 0.25) is 0 Å². The largest absolute Gasteiger partial charge is 0.314 e. The van der Waals surface area contributed by atoms with Crippen LogP contribution in [0.1, 0.15) is 33.1 Å². The summed E-state index contributed by atoms with van der Waals surface area (Å²) in [6.45, 7) is 12.1. The van der Waals surface area contributed by atoms with Crippen molar-refractivity contribution in [1.82, 2.24) is 15.1 Å². The summed E-state index contributed by atoms with van der Waals surface area (Å²) >= 11 is 0. The summed E-state index contributed by atoms with van der Waals surface area (Å²) < 4.78 is 0. The Kier molecular flexibility index (Phi) is 4.62. The lowest BCUT2D eigenvalue weighted by molar-refractivity contribution is -0.00385. The summed E-state index contributed by atoms with van der Waals surface area (Å²) in [7, 11) is 0. The molecule has 0 aromatic rings. The molecular weight excluding hydrogens is 198 g/mol. The molecule has 16 heavy (non-hydrogen) atoms. The van der Waals surface area contributed by atoms with E-state index in [0.717, 1.165) is 12.1 Å². The second-order valence-electron chi connectivity index (χ2n) is 5.24. The Balaban J connectivity index is 1.71. The molecule has 0 spiro atoms. The summed E-state index contributed by atoms with van der Waals surface area (Å²) in [4.78, 5) is 5.36. The maximum atomic E-state index is 3.43. The lowest BCUT2D eigenvalue weighted by Gasteiger charge is -2.50. The predicted molar refractivity (Wildman–Crippen MR) is 68.8 cm³/mol. The van der Waals surface area contributed by atoms with E-state index in [2.05, 4.69) is 29.0 Å².